The lowest BCUT2D eigenvalue weighted by molar-refractivity contribution is 0.130. The third-order valence-corrected chi connectivity index (χ3v) is 6.36. The van der Waals surface area contributed by atoms with Gasteiger partial charge in [-0.3, -0.25) is 0 Å². The van der Waals surface area contributed by atoms with E-state index in [1.807, 2.05) is 0 Å². The standard InChI is InChI=1S/C11H18BrNO3S2/c1-2-3-7-16-8-4-6-13-18(14,15)11-10(12)5-9-17-11/h5,9,13H,2-4,6-8H2,1H3. The van der Waals surface area contributed by atoms with Crippen LogP contribution in [0.1, 0.15) is 26.2 Å². The molecule has 0 fully saturated rings. The highest BCUT2D eigenvalue weighted by Crippen LogP contribution is 2.27. The second kappa shape index (κ2) is 8.27. The van der Waals surface area contributed by atoms with Crippen molar-refractivity contribution in [1.82, 2.24) is 4.72 Å². The van der Waals surface area contributed by atoms with E-state index >= 15 is 0 Å². The second-order valence-electron chi connectivity index (χ2n) is 3.77. The topological polar surface area (TPSA) is 55.4 Å². The molecule has 1 N–H and O–H groups in total. The third kappa shape index (κ3) is 5.36. The van der Waals surface area contributed by atoms with E-state index in [0.29, 0.717) is 28.3 Å². The molecule has 104 valence electrons. The summed E-state index contributed by atoms with van der Waals surface area (Å²) in [6, 6.07) is 1.73. The van der Waals surface area contributed by atoms with Gasteiger partial charge in [0, 0.05) is 24.2 Å². The molecule has 0 radical (unpaired) electrons. The van der Waals surface area contributed by atoms with E-state index in [9.17, 15) is 8.42 Å². The lowest BCUT2D eigenvalue weighted by Gasteiger charge is -2.06. The van der Waals surface area contributed by atoms with Crippen molar-refractivity contribution in [1.29, 1.82) is 0 Å². The Labute approximate surface area is 121 Å². The molecule has 0 aliphatic carbocycles. The molecule has 0 bridgehead atoms. The zero-order chi connectivity index (χ0) is 13.4. The van der Waals surface area contributed by atoms with E-state index in [0.717, 1.165) is 19.4 Å². The highest BCUT2D eigenvalue weighted by Gasteiger charge is 2.18. The van der Waals surface area contributed by atoms with Crippen LogP contribution in [0, 0.1) is 0 Å². The number of hydrogen-bond donors (Lipinski definition) is 1. The Kier molecular flexibility index (Phi) is 7.40. The first-order valence-electron chi connectivity index (χ1n) is 5.88. The van der Waals surface area contributed by atoms with E-state index in [1.54, 1.807) is 11.4 Å². The van der Waals surface area contributed by atoms with Gasteiger partial charge in [-0.05, 0) is 40.2 Å². The number of halogens is 1. The summed E-state index contributed by atoms with van der Waals surface area (Å²) in [6.45, 7) is 3.85. The van der Waals surface area contributed by atoms with Crippen LogP contribution < -0.4 is 4.72 Å². The smallest absolute Gasteiger partial charge is 0.251 e. The molecule has 4 nitrogen and oxygen atoms in total. The van der Waals surface area contributed by atoms with Crippen molar-refractivity contribution in [3.8, 4) is 0 Å². The first kappa shape index (κ1) is 16.1. The number of thiophene rings is 1. The van der Waals surface area contributed by atoms with Gasteiger partial charge in [-0.1, -0.05) is 13.3 Å². The quantitative estimate of drug-likeness (QED) is 0.692. The number of ether oxygens (including phenoxy) is 1. The van der Waals surface area contributed by atoms with Crippen molar-refractivity contribution in [3.63, 3.8) is 0 Å². The van der Waals surface area contributed by atoms with Crippen LogP contribution >= 0.6 is 27.3 Å². The molecule has 1 aromatic rings. The minimum atomic E-state index is -3.38. The first-order valence-corrected chi connectivity index (χ1v) is 9.04. The van der Waals surface area contributed by atoms with E-state index < -0.39 is 10.0 Å². The lowest BCUT2D eigenvalue weighted by Crippen LogP contribution is -2.25. The molecule has 1 heterocycles. The van der Waals surface area contributed by atoms with E-state index in [4.69, 9.17) is 4.74 Å². The van der Waals surface area contributed by atoms with Crippen molar-refractivity contribution < 1.29 is 13.2 Å². The number of unbranched alkanes of at least 4 members (excludes halogenated alkanes) is 1. The van der Waals surface area contributed by atoms with Gasteiger partial charge in [0.15, 0.2) is 0 Å². The zero-order valence-electron chi connectivity index (χ0n) is 10.3. The Hall–Kier alpha value is 0.0500. The molecule has 7 heteroatoms. The highest BCUT2D eigenvalue weighted by atomic mass is 79.9. The van der Waals surface area contributed by atoms with Crippen LogP contribution in [-0.2, 0) is 14.8 Å². The zero-order valence-corrected chi connectivity index (χ0v) is 13.5. The average Bonchev–Trinajstić information content (AvgIpc) is 2.75. The van der Waals surface area contributed by atoms with Crippen LogP contribution in [-0.4, -0.2) is 28.2 Å². The van der Waals surface area contributed by atoms with Crippen molar-refractivity contribution in [3.05, 3.63) is 15.9 Å². The lowest BCUT2D eigenvalue weighted by atomic mass is 10.4. The molecule has 1 aromatic heterocycles. The molecule has 0 aromatic carbocycles. The van der Waals surface area contributed by atoms with Gasteiger partial charge in [-0.15, -0.1) is 11.3 Å². The van der Waals surface area contributed by atoms with E-state index in [-0.39, 0.29) is 0 Å². The van der Waals surface area contributed by atoms with Gasteiger partial charge in [0.25, 0.3) is 10.0 Å². The van der Waals surface area contributed by atoms with Crippen molar-refractivity contribution >= 4 is 37.3 Å². The molecule has 0 amide bonds. The molecule has 18 heavy (non-hydrogen) atoms. The Morgan fingerprint density at radius 2 is 2.11 bits per heavy atom. The molecule has 0 atom stereocenters. The van der Waals surface area contributed by atoms with Crippen molar-refractivity contribution in [2.45, 2.75) is 30.4 Å². The highest BCUT2D eigenvalue weighted by molar-refractivity contribution is 9.10. The van der Waals surface area contributed by atoms with Crippen molar-refractivity contribution in [2.24, 2.45) is 0 Å². The SMILES string of the molecule is CCCCOCCCNS(=O)(=O)c1sccc1Br. The molecule has 0 saturated heterocycles. The Balaban J connectivity index is 2.25. The van der Waals surface area contributed by atoms with Crippen LogP contribution in [0.25, 0.3) is 0 Å². The fraction of sp³-hybridized carbons (Fsp3) is 0.636. The van der Waals surface area contributed by atoms with Gasteiger partial charge < -0.3 is 4.74 Å². The number of hydrogen-bond acceptors (Lipinski definition) is 4. The van der Waals surface area contributed by atoms with Gasteiger partial charge >= 0.3 is 0 Å². The molecular formula is C11H18BrNO3S2. The largest absolute Gasteiger partial charge is 0.381 e. The van der Waals surface area contributed by atoms with Crippen LogP contribution in [0.4, 0.5) is 0 Å². The third-order valence-electron chi connectivity index (χ3n) is 2.23. The summed E-state index contributed by atoms with van der Waals surface area (Å²) in [5, 5.41) is 1.74. The maximum atomic E-state index is 11.9. The minimum absolute atomic E-state index is 0.328. The summed E-state index contributed by atoms with van der Waals surface area (Å²) in [4.78, 5) is 0. The van der Waals surface area contributed by atoms with Gasteiger partial charge in [0.05, 0.1) is 0 Å². The van der Waals surface area contributed by atoms with Crippen LogP contribution in [0.2, 0.25) is 0 Å². The molecule has 0 aliphatic heterocycles. The summed E-state index contributed by atoms with van der Waals surface area (Å²) >= 11 is 4.42. The average molecular weight is 356 g/mol. The first-order chi connectivity index (χ1) is 8.58. The summed E-state index contributed by atoms with van der Waals surface area (Å²) in [7, 11) is -3.38. The monoisotopic (exact) mass is 355 g/mol. The summed E-state index contributed by atoms with van der Waals surface area (Å²) in [6.07, 6.45) is 2.85. The maximum absolute atomic E-state index is 11.9. The van der Waals surface area contributed by atoms with Gasteiger partial charge in [0.1, 0.15) is 4.21 Å². The fourth-order valence-corrected chi connectivity index (χ4v) is 4.72. The fourth-order valence-electron chi connectivity index (χ4n) is 1.27. The normalized spacial score (nSPS) is 11.9. The van der Waals surface area contributed by atoms with Crippen LogP contribution in [0.15, 0.2) is 20.1 Å². The predicted molar refractivity (Wildman–Crippen MR) is 77.6 cm³/mol. The predicted octanol–water partition coefficient (Wildman–Crippen LogP) is 3.00. The van der Waals surface area contributed by atoms with E-state index in [2.05, 4.69) is 27.6 Å². The summed E-state index contributed by atoms with van der Waals surface area (Å²) in [5.74, 6) is 0. The summed E-state index contributed by atoms with van der Waals surface area (Å²) < 4.78 is 32.6. The molecule has 0 saturated carbocycles. The number of sulfonamides is 1. The number of rotatable bonds is 9. The summed E-state index contributed by atoms with van der Waals surface area (Å²) in [5.41, 5.74) is 0. The van der Waals surface area contributed by atoms with Gasteiger partial charge in [-0.25, -0.2) is 13.1 Å². The van der Waals surface area contributed by atoms with Gasteiger partial charge in [-0.2, -0.15) is 0 Å². The molecule has 0 unspecified atom stereocenters. The van der Waals surface area contributed by atoms with Crippen molar-refractivity contribution in [2.75, 3.05) is 19.8 Å². The maximum Gasteiger partial charge on any atom is 0.251 e. The molecule has 0 aliphatic rings. The molecular weight excluding hydrogens is 338 g/mol. The Morgan fingerprint density at radius 3 is 2.72 bits per heavy atom. The molecule has 0 spiro atoms. The second-order valence-corrected chi connectivity index (χ2v) is 7.51. The van der Waals surface area contributed by atoms with Gasteiger partial charge in [0.2, 0.25) is 0 Å². The minimum Gasteiger partial charge on any atom is -0.381 e. The molecule has 1 rings (SSSR count). The van der Waals surface area contributed by atoms with Crippen LogP contribution in [0.5, 0.6) is 0 Å². The Bertz CT molecular complexity index is 445. The number of nitrogens with one attached hydrogen (secondary N) is 1. The van der Waals surface area contributed by atoms with Crippen LogP contribution in [0.3, 0.4) is 0 Å². The Morgan fingerprint density at radius 1 is 1.39 bits per heavy atom. The van der Waals surface area contributed by atoms with E-state index in [1.165, 1.54) is 11.3 Å².